The smallest absolute Gasteiger partial charge is 0.417 e. The van der Waals surface area contributed by atoms with E-state index in [0.717, 1.165) is 48.7 Å². The minimum atomic E-state index is -4.88. The van der Waals surface area contributed by atoms with Gasteiger partial charge in [-0.2, -0.15) is 23.1 Å². The molecule has 0 saturated carbocycles. The molecule has 0 amide bonds. The highest BCUT2D eigenvalue weighted by Gasteiger charge is 2.39. The fraction of sp³-hybridized carbons (Fsp3) is 0.321. The van der Waals surface area contributed by atoms with Crippen LogP contribution in [-0.2, 0) is 12.6 Å². The van der Waals surface area contributed by atoms with Crippen LogP contribution in [0.5, 0.6) is 6.01 Å². The van der Waals surface area contributed by atoms with Gasteiger partial charge in [0, 0.05) is 54.9 Å². The molecule has 6 nitrogen and oxygen atoms in total. The summed E-state index contributed by atoms with van der Waals surface area (Å²) < 4.78 is 78.4. The first-order chi connectivity index (χ1) is 18.8. The van der Waals surface area contributed by atoms with Crippen molar-refractivity contribution in [2.75, 3.05) is 24.6 Å². The van der Waals surface area contributed by atoms with Crippen molar-refractivity contribution in [3.63, 3.8) is 0 Å². The number of hydrogen-bond acceptors (Lipinski definition) is 6. The fourth-order valence-electron chi connectivity index (χ4n) is 5.39. The van der Waals surface area contributed by atoms with E-state index < -0.39 is 28.9 Å². The number of pyridine rings is 1. The number of nitrogens with one attached hydrogen (secondary N) is 1. The lowest BCUT2D eigenvalue weighted by molar-refractivity contribution is -0.137. The molecular weight excluding hydrogens is 517 g/mol. The van der Waals surface area contributed by atoms with Crippen LogP contribution in [0.4, 0.5) is 27.8 Å². The van der Waals surface area contributed by atoms with Gasteiger partial charge in [-0.3, -0.25) is 4.98 Å². The van der Waals surface area contributed by atoms with Gasteiger partial charge >= 0.3 is 12.2 Å². The number of alkyl halides is 3. The summed E-state index contributed by atoms with van der Waals surface area (Å²) in [5.74, 6) is -1.61. The second kappa shape index (κ2) is 10.0. The van der Waals surface area contributed by atoms with Crippen LogP contribution in [0.1, 0.15) is 24.0 Å². The number of halogens is 5. The van der Waals surface area contributed by atoms with E-state index in [-0.39, 0.29) is 47.0 Å². The van der Waals surface area contributed by atoms with E-state index in [1.54, 1.807) is 18.5 Å². The molecule has 2 aliphatic heterocycles. The molecule has 2 fully saturated rings. The second-order valence-corrected chi connectivity index (χ2v) is 9.85. The molecule has 39 heavy (non-hydrogen) atoms. The van der Waals surface area contributed by atoms with E-state index >= 15 is 4.39 Å². The van der Waals surface area contributed by atoms with Crippen LogP contribution in [0, 0.1) is 11.6 Å². The van der Waals surface area contributed by atoms with Gasteiger partial charge in [0.15, 0.2) is 5.82 Å². The molecule has 2 bridgehead atoms. The Kier molecular flexibility index (Phi) is 6.54. The van der Waals surface area contributed by atoms with Gasteiger partial charge in [0.25, 0.3) is 0 Å². The van der Waals surface area contributed by atoms with Gasteiger partial charge in [-0.1, -0.05) is 18.2 Å². The van der Waals surface area contributed by atoms with Gasteiger partial charge in [0.05, 0.1) is 12.2 Å². The van der Waals surface area contributed by atoms with E-state index in [9.17, 15) is 17.6 Å². The van der Waals surface area contributed by atoms with E-state index in [0.29, 0.717) is 19.5 Å². The van der Waals surface area contributed by atoms with Crippen molar-refractivity contribution >= 4 is 16.7 Å². The quantitative estimate of drug-likeness (QED) is 0.323. The van der Waals surface area contributed by atoms with Crippen molar-refractivity contribution in [2.45, 2.75) is 37.5 Å². The van der Waals surface area contributed by atoms with Crippen LogP contribution < -0.4 is 15.0 Å². The van der Waals surface area contributed by atoms with Gasteiger partial charge in [-0.15, -0.1) is 0 Å². The Balaban J connectivity index is 1.49. The highest BCUT2D eigenvalue weighted by Crippen LogP contribution is 2.43. The number of benzene rings is 2. The van der Waals surface area contributed by atoms with Crippen LogP contribution in [0.25, 0.3) is 22.0 Å². The molecule has 2 aromatic heterocycles. The van der Waals surface area contributed by atoms with Crippen molar-refractivity contribution in [1.29, 1.82) is 0 Å². The average molecular weight is 542 g/mol. The van der Waals surface area contributed by atoms with Crippen LogP contribution in [0.2, 0.25) is 0 Å². The van der Waals surface area contributed by atoms with Crippen LogP contribution in [-0.4, -0.2) is 46.7 Å². The molecule has 4 aromatic rings. The van der Waals surface area contributed by atoms with Gasteiger partial charge in [-0.05, 0) is 48.2 Å². The number of fused-ring (bicyclic) bond motifs is 3. The third-order valence-electron chi connectivity index (χ3n) is 7.19. The summed E-state index contributed by atoms with van der Waals surface area (Å²) in [4.78, 5) is 14.7. The Morgan fingerprint density at radius 1 is 1.00 bits per heavy atom. The van der Waals surface area contributed by atoms with Crippen molar-refractivity contribution in [2.24, 2.45) is 0 Å². The maximum atomic E-state index is 16.1. The van der Waals surface area contributed by atoms with Crippen molar-refractivity contribution in [1.82, 2.24) is 20.3 Å². The summed E-state index contributed by atoms with van der Waals surface area (Å²) in [6.07, 6.45) is 0.835. The lowest BCUT2D eigenvalue weighted by Gasteiger charge is -2.34. The summed E-state index contributed by atoms with van der Waals surface area (Å²) in [5, 5.41) is 3.43. The number of nitrogens with zero attached hydrogens (tertiary/aromatic N) is 4. The number of hydrogen-bond donors (Lipinski definition) is 1. The largest absolute Gasteiger partial charge is 0.463 e. The standard InChI is InChI=1S/C28H24F5N5O/c29-18-5-3-17(4-6-18)23-22(28(31,32)33)12-21-25(24(23)30)36-27(39-11-9-16-2-1-10-34-13-16)37-26(21)38-14-19-7-8-20(15-38)35-19/h1-6,10,12-13,19-20,35H,7-9,11,14-15H2. The molecule has 0 aliphatic carbocycles. The van der Waals surface area contributed by atoms with E-state index in [2.05, 4.69) is 20.3 Å². The van der Waals surface area contributed by atoms with E-state index in [4.69, 9.17) is 4.74 Å². The Morgan fingerprint density at radius 3 is 2.41 bits per heavy atom. The maximum Gasteiger partial charge on any atom is 0.417 e. The lowest BCUT2D eigenvalue weighted by Crippen LogP contribution is -2.51. The first kappa shape index (κ1) is 25.4. The normalized spacial score (nSPS) is 19.1. The first-order valence-electron chi connectivity index (χ1n) is 12.7. The zero-order chi connectivity index (χ0) is 27.1. The minimum absolute atomic E-state index is 0.0494. The van der Waals surface area contributed by atoms with Gasteiger partial charge in [-0.25, -0.2) is 8.78 Å². The SMILES string of the molecule is Fc1ccc(-c2c(C(F)(F)F)cc3c(N4CC5CCC(C4)N5)nc(OCCc4cccnc4)nc3c2F)cc1. The molecule has 11 heteroatoms. The molecule has 2 aromatic carbocycles. The van der Waals surface area contributed by atoms with Crippen molar-refractivity contribution in [3.8, 4) is 17.1 Å². The van der Waals surface area contributed by atoms with Crippen LogP contribution >= 0.6 is 0 Å². The number of aromatic nitrogens is 3. The Morgan fingerprint density at radius 2 is 1.74 bits per heavy atom. The van der Waals surface area contributed by atoms with E-state index in [1.807, 2.05) is 11.0 Å². The monoisotopic (exact) mass is 541 g/mol. The molecule has 0 radical (unpaired) electrons. The summed E-state index contributed by atoms with van der Waals surface area (Å²) in [5.41, 5.74) is -1.34. The minimum Gasteiger partial charge on any atom is -0.463 e. The average Bonchev–Trinajstić information content (AvgIpc) is 3.26. The van der Waals surface area contributed by atoms with Crippen molar-refractivity contribution in [3.05, 3.63) is 77.6 Å². The lowest BCUT2D eigenvalue weighted by atomic mass is 9.96. The maximum absolute atomic E-state index is 16.1. The van der Waals surface area contributed by atoms with Gasteiger partial charge in [0.2, 0.25) is 0 Å². The van der Waals surface area contributed by atoms with Gasteiger partial charge < -0.3 is 15.0 Å². The van der Waals surface area contributed by atoms with Gasteiger partial charge in [0.1, 0.15) is 17.2 Å². The molecular formula is C28H24F5N5O. The highest BCUT2D eigenvalue weighted by atomic mass is 19.4. The van der Waals surface area contributed by atoms with Crippen LogP contribution in [0.15, 0.2) is 54.9 Å². The number of rotatable bonds is 6. The first-order valence-corrected chi connectivity index (χ1v) is 12.7. The summed E-state index contributed by atoms with van der Waals surface area (Å²) in [7, 11) is 0. The second-order valence-electron chi connectivity index (χ2n) is 9.85. The molecule has 0 spiro atoms. The number of piperazine rings is 1. The summed E-state index contributed by atoms with van der Waals surface area (Å²) >= 11 is 0. The molecule has 4 heterocycles. The topological polar surface area (TPSA) is 63.2 Å². The highest BCUT2D eigenvalue weighted by molar-refractivity contribution is 5.95. The Bertz CT molecular complexity index is 1480. The zero-order valence-corrected chi connectivity index (χ0v) is 20.7. The molecule has 2 unspecified atom stereocenters. The third kappa shape index (κ3) is 5.10. The van der Waals surface area contributed by atoms with Crippen LogP contribution in [0.3, 0.4) is 0 Å². The molecule has 2 aliphatic rings. The predicted octanol–water partition coefficient (Wildman–Crippen LogP) is 5.55. The Labute approximate surface area is 220 Å². The Hall–Kier alpha value is -3.86. The molecule has 6 rings (SSSR count). The molecule has 2 atom stereocenters. The third-order valence-corrected chi connectivity index (χ3v) is 7.19. The summed E-state index contributed by atoms with van der Waals surface area (Å²) in [6.45, 7) is 1.19. The number of ether oxygens (including phenoxy) is 1. The molecule has 2 saturated heterocycles. The molecule has 1 N–H and O–H groups in total. The zero-order valence-electron chi connectivity index (χ0n) is 20.7. The van der Waals surface area contributed by atoms with E-state index in [1.165, 1.54) is 0 Å². The predicted molar refractivity (Wildman–Crippen MR) is 135 cm³/mol. The summed E-state index contributed by atoms with van der Waals surface area (Å²) in [6, 6.07) is 9.00. The van der Waals surface area contributed by atoms with Crippen molar-refractivity contribution < 1.29 is 26.7 Å². The fourth-order valence-corrected chi connectivity index (χ4v) is 5.39. The molecule has 202 valence electrons. The number of anilines is 1.